The first-order valence-corrected chi connectivity index (χ1v) is 12.0. The summed E-state index contributed by atoms with van der Waals surface area (Å²) in [5.41, 5.74) is 8.79. The largest absolute Gasteiger partial charge is 0.495 e. The van der Waals surface area contributed by atoms with Crippen molar-refractivity contribution in [3.63, 3.8) is 0 Å². The van der Waals surface area contributed by atoms with Gasteiger partial charge in [-0.15, -0.1) is 0 Å². The zero-order valence-electron chi connectivity index (χ0n) is 20.1. The molecule has 1 amide bonds. The molecule has 2 fully saturated rings. The highest BCUT2D eigenvalue weighted by molar-refractivity contribution is 5.99. The number of anilines is 2. The van der Waals surface area contributed by atoms with E-state index in [1.54, 1.807) is 18.2 Å². The molecule has 3 aromatic rings. The molecule has 2 aliphatic rings. The summed E-state index contributed by atoms with van der Waals surface area (Å²) in [6.07, 6.45) is 4.78. The number of fused-ring (bicyclic) bond motifs is 1. The lowest BCUT2D eigenvalue weighted by Gasteiger charge is -2.41. The van der Waals surface area contributed by atoms with Gasteiger partial charge in [0.05, 0.1) is 24.2 Å². The Morgan fingerprint density at radius 3 is 2.51 bits per heavy atom. The molecule has 2 aromatic heterocycles. The molecule has 1 aromatic carbocycles. The normalized spacial score (nSPS) is 18.7. The van der Waals surface area contributed by atoms with Crippen LogP contribution < -0.4 is 15.8 Å². The molecule has 4 N–H and O–H groups in total. The third-order valence-corrected chi connectivity index (χ3v) is 7.28. The van der Waals surface area contributed by atoms with E-state index in [1.807, 2.05) is 4.68 Å². The molecule has 2 aliphatic heterocycles. The van der Waals surface area contributed by atoms with Crippen molar-refractivity contribution in [1.29, 1.82) is 0 Å². The first kappa shape index (κ1) is 23.3. The molecular formula is C24H32N8O3. The lowest BCUT2D eigenvalue weighted by Crippen LogP contribution is -2.47. The van der Waals surface area contributed by atoms with Gasteiger partial charge in [0.25, 0.3) is 0 Å². The highest BCUT2D eigenvalue weighted by atomic mass is 16.5. The highest BCUT2D eigenvalue weighted by Gasteiger charge is 2.30. The van der Waals surface area contributed by atoms with Crippen molar-refractivity contribution >= 4 is 28.6 Å². The van der Waals surface area contributed by atoms with Crippen molar-refractivity contribution in [2.24, 2.45) is 0 Å². The minimum atomic E-state index is -1.16. The van der Waals surface area contributed by atoms with Crippen LogP contribution in [0.2, 0.25) is 0 Å². The minimum Gasteiger partial charge on any atom is -0.495 e. The monoisotopic (exact) mass is 480 g/mol. The standard InChI is InChI=1S/C24H32N8O3/c1-30-9-5-16(6-10-30)31-11-7-17(8-12-31)32-23-20(22(25)26-14-27-23)21(29-32)15-3-4-18(28-24(33)34)19(13-15)35-2/h3-4,13-14,16-17,28H,5-12H2,1-2H3,(H,33,34)(H2,25,26,27). The Hall–Kier alpha value is -3.44. The number of methoxy groups -OCH3 is 1. The Kier molecular flexibility index (Phi) is 6.44. The summed E-state index contributed by atoms with van der Waals surface area (Å²) in [4.78, 5) is 24.9. The second kappa shape index (κ2) is 9.67. The Bertz CT molecular complexity index is 1210. The van der Waals surface area contributed by atoms with Crippen molar-refractivity contribution in [3.8, 4) is 17.0 Å². The van der Waals surface area contributed by atoms with Crippen LogP contribution in [0.15, 0.2) is 24.5 Å². The summed E-state index contributed by atoms with van der Waals surface area (Å²) in [5.74, 6) is 0.765. The molecule has 0 saturated carbocycles. The van der Waals surface area contributed by atoms with E-state index in [9.17, 15) is 4.79 Å². The molecule has 2 saturated heterocycles. The quantitative estimate of drug-likeness (QED) is 0.504. The molecule has 4 heterocycles. The van der Waals surface area contributed by atoms with E-state index in [0.29, 0.717) is 34.4 Å². The van der Waals surface area contributed by atoms with Gasteiger partial charge < -0.3 is 25.4 Å². The van der Waals surface area contributed by atoms with E-state index in [2.05, 4.69) is 32.1 Å². The van der Waals surface area contributed by atoms with Gasteiger partial charge in [0.2, 0.25) is 0 Å². The van der Waals surface area contributed by atoms with E-state index in [1.165, 1.54) is 26.3 Å². The predicted octanol–water partition coefficient (Wildman–Crippen LogP) is 2.91. The number of nitrogens with two attached hydrogens (primary N) is 1. The van der Waals surface area contributed by atoms with Crippen molar-refractivity contribution in [1.82, 2.24) is 29.5 Å². The molecule has 0 radical (unpaired) electrons. The molecule has 186 valence electrons. The lowest BCUT2D eigenvalue weighted by atomic mass is 9.98. The average Bonchev–Trinajstić information content (AvgIpc) is 3.26. The number of hydrogen-bond donors (Lipinski definition) is 3. The Balaban J connectivity index is 1.44. The number of nitrogens with one attached hydrogen (secondary N) is 1. The van der Waals surface area contributed by atoms with E-state index < -0.39 is 6.09 Å². The van der Waals surface area contributed by atoms with Gasteiger partial charge in [-0.05, 0) is 58.0 Å². The lowest BCUT2D eigenvalue weighted by molar-refractivity contribution is 0.0859. The minimum absolute atomic E-state index is 0.220. The highest BCUT2D eigenvalue weighted by Crippen LogP contribution is 2.37. The number of ether oxygens (including phenoxy) is 1. The number of benzene rings is 1. The molecule has 11 nitrogen and oxygen atoms in total. The molecule has 5 rings (SSSR count). The van der Waals surface area contributed by atoms with Crippen molar-refractivity contribution in [2.75, 3.05) is 51.4 Å². The van der Waals surface area contributed by atoms with Crippen LogP contribution in [0.3, 0.4) is 0 Å². The number of likely N-dealkylation sites (tertiary alicyclic amines) is 2. The number of carboxylic acid groups (broad SMARTS) is 1. The van der Waals surface area contributed by atoms with Gasteiger partial charge in [-0.2, -0.15) is 5.10 Å². The second-order valence-corrected chi connectivity index (χ2v) is 9.40. The van der Waals surface area contributed by atoms with Gasteiger partial charge in [-0.1, -0.05) is 6.07 Å². The zero-order valence-corrected chi connectivity index (χ0v) is 20.1. The van der Waals surface area contributed by atoms with Crippen LogP contribution in [0.1, 0.15) is 31.7 Å². The Morgan fingerprint density at radius 1 is 1.11 bits per heavy atom. The molecule has 0 spiro atoms. The molecule has 0 aliphatic carbocycles. The van der Waals surface area contributed by atoms with Crippen molar-refractivity contribution < 1.29 is 14.6 Å². The number of nitrogens with zero attached hydrogens (tertiary/aromatic N) is 6. The molecule has 11 heteroatoms. The number of hydrogen-bond acceptors (Lipinski definition) is 8. The van der Waals surface area contributed by atoms with E-state index in [0.717, 1.165) is 50.2 Å². The van der Waals surface area contributed by atoms with Gasteiger partial charge in [-0.3, -0.25) is 5.32 Å². The topological polar surface area (TPSA) is 135 Å². The molecule has 0 atom stereocenters. The van der Waals surface area contributed by atoms with E-state index >= 15 is 0 Å². The maximum absolute atomic E-state index is 11.1. The van der Waals surface area contributed by atoms with Crippen LogP contribution in [-0.2, 0) is 0 Å². The van der Waals surface area contributed by atoms with Crippen molar-refractivity contribution in [3.05, 3.63) is 24.5 Å². The summed E-state index contributed by atoms with van der Waals surface area (Å²) in [6, 6.07) is 6.10. The average molecular weight is 481 g/mol. The maximum Gasteiger partial charge on any atom is 0.409 e. The Morgan fingerprint density at radius 2 is 1.83 bits per heavy atom. The summed E-state index contributed by atoms with van der Waals surface area (Å²) >= 11 is 0. The fourth-order valence-corrected chi connectivity index (χ4v) is 5.36. The van der Waals surface area contributed by atoms with Crippen LogP contribution >= 0.6 is 0 Å². The van der Waals surface area contributed by atoms with Crippen LogP contribution in [0.4, 0.5) is 16.3 Å². The number of piperidine rings is 2. The number of carbonyl (C=O) groups is 1. The number of aromatic nitrogens is 4. The number of rotatable bonds is 5. The predicted molar refractivity (Wildman–Crippen MR) is 134 cm³/mol. The van der Waals surface area contributed by atoms with Gasteiger partial charge >= 0.3 is 6.09 Å². The molecule has 0 unspecified atom stereocenters. The fourth-order valence-electron chi connectivity index (χ4n) is 5.36. The summed E-state index contributed by atoms with van der Waals surface area (Å²) in [7, 11) is 3.70. The fraction of sp³-hybridized carbons (Fsp3) is 0.500. The number of amides is 1. The summed E-state index contributed by atoms with van der Waals surface area (Å²) in [5, 5.41) is 17.1. The van der Waals surface area contributed by atoms with Crippen LogP contribution in [-0.4, -0.2) is 87.1 Å². The van der Waals surface area contributed by atoms with Crippen LogP contribution in [0, 0.1) is 0 Å². The SMILES string of the molecule is COc1cc(-c2nn(C3CCN(C4CCN(C)CC4)CC3)c3ncnc(N)c23)ccc1NC(=O)O. The zero-order chi connectivity index (χ0) is 24.5. The van der Waals surface area contributed by atoms with Crippen LogP contribution in [0.25, 0.3) is 22.3 Å². The molecule has 0 bridgehead atoms. The second-order valence-electron chi connectivity index (χ2n) is 9.40. The first-order valence-electron chi connectivity index (χ1n) is 12.0. The maximum atomic E-state index is 11.1. The number of nitrogen functional groups attached to an aromatic ring is 1. The summed E-state index contributed by atoms with van der Waals surface area (Å²) < 4.78 is 7.42. The van der Waals surface area contributed by atoms with E-state index in [4.69, 9.17) is 20.7 Å². The van der Waals surface area contributed by atoms with Gasteiger partial charge in [0.1, 0.15) is 23.6 Å². The van der Waals surface area contributed by atoms with Gasteiger partial charge in [-0.25, -0.2) is 19.4 Å². The van der Waals surface area contributed by atoms with E-state index in [-0.39, 0.29) is 6.04 Å². The molecular weight excluding hydrogens is 448 g/mol. The van der Waals surface area contributed by atoms with Crippen molar-refractivity contribution in [2.45, 2.75) is 37.8 Å². The third-order valence-electron chi connectivity index (χ3n) is 7.28. The smallest absolute Gasteiger partial charge is 0.409 e. The Labute approximate surface area is 203 Å². The van der Waals surface area contributed by atoms with Gasteiger partial charge in [0, 0.05) is 24.7 Å². The third kappa shape index (κ3) is 4.61. The summed E-state index contributed by atoms with van der Waals surface area (Å²) in [6.45, 7) is 4.41. The first-order chi connectivity index (χ1) is 16.9. The molecule has 35 heavy (non-hydrogen) atoms. The van der Waals surface area contributed by atoms with Crippen LogP contribution in [0.5, 0.6) is 5.75 Å². The van der Waals surface area contributed by atoms with Gasteiger partial charge in [0.15, 0.2) is 5.65 Å².